The lowest BCUT2D eigenvalue weighted by Crippen LogP contribution is -2.32. The number of carbonyl (C=O) groups is 2. The maximum atomic E-state index is 13.2. The number of nitrogens with zero attached hydrogens (tertiary/aromatic N) is 2. The van der Waals surface area contributed by atoms with Crippen LogP contribution in [0.15, 0.2) is 107 Å². The summed E-state index contributed by atoms with van der Waals surface area (Å²) in [6, 6.07) is 24.7. The number of fused-ring (bicyclic) bond motifs is 9. The van der Waals surface area contributed by atoms with Crippen molar-refractivity contribution in [1.82, 2.24) is 14.7 Å². The van der Waals surface area contributed by atoms with Crippen molar-refractivity contribution < 1.29 is 51.2 Å². The molecule has 0 saturated carbocycles. The molecule has 71 heavy (non-hydrogen) atoms. The van der Waals surface area contributed by atoms with Crippen LogP contribution in [0, 0.1) is 0 Å². The minimum Gasteiger partial charge on any atom is -0.481 e. The topological polar surface area (TPSA) is 245 Å². The van der Waals surface area contributed by atoms with E-state index in [0.717, 1.165) is 83.0 Å². The Morgan fingerprint density at radius 3 is 2.11 bits per heavy atom. The Balaban J connectivity index is 0.000000190. The van der Waals surface area contributed by atoms with Gasteiger partial charge >= 0.3 is 5.97 Å². The molecule has 17 heteroatoms. The second-order valence-electron chi connectivity index (χ2n) is 19.3. The van der Waals surface area contributed by atoms with Gasteiger partial charge < -0.3 is 24.8 Å². The molecule has 4 aromatic carbocycles. The summed E-state index contributed by atoms with van der Waals surface area (Å²) in [6.45, 7) is 6.81. The van der Waals surface area contributed by atoms with Crippen LogP contribution in [0.5, 0.6) is 11.8 Å². The first-order valence-electron chi connectivity index (χ1n) is 23.5. The minimum atomic E-state index is -4.15. The van der Waals surface area contributed by atoms with Crippen molar-refractivity contribution in [3.8, 4) is 34.0 Å². The van der Waals surface area contributed by atoms with Crippen molar-refractivity contribution in [2.45, 2.75) is 113 Å². The molecule has 0 saturated heterocycles. The third-order valence-electron chi connectivity index (χ3n) is 13.1. The fourth-order valence-corrected chi connectivity index (χ4v) is 11.2. The Kier molecular flexibility index (Phi) is 14.6. The first-order valence-corrected chi connectivity index (χ1v) is 26.5. The highest BCUT2D eigenvalue weighted by Gasteiger charge is 2.28. The molecule has 4 bridgehead atoms. The quantitative estimate of drug-likeness (QED) is 0.0948. The van der Waals surface area contributed by atoms with Crippen LogP contribution in [0.4, 0.5) is 0 Å². The van der Waals surface area contributed by atoms with Crippen LogP contribution < -0.4 is 19.3 Å². The highest BCUT2D eigenvalue weighted by molar-refractivity contribution is 7.90. The molecule has 1 aliphatic heterocycles. The number of sulfonamides is 2. The van der Waals surface area contributed by atoms with Gasteiger partial charge in [-0.3, -0.25) is 9.59 Å². The second kappa shape index (κ2) is 20.3. The number of nitrogens with two attached hydrogens (primary N) is 1. The highest BCUT2D eigenvalue weighted by Crippen LogP contribution is 2.37. The summed E-state index contributed by atoms with van der Waals surface area (Å²) in [5, 5.41) is 35.7. The molecule has 2 aliphatic carbocycles. The molecule has 372 valence electrons. The molecule has 0 atom stereocenters. The standard InChI is InChI=1S/C27H30N2O6S.C27H28N2O5S/c1-27(2,32)20-12-17(13-21(15-20)36(28,33)34)9-11-35-25-14-19(8-10-29-25)23-7-6-18-4-3-5-22(18)24(23)16-26(30)31;1-27(2,31)20-12-17-9-11-34-26-14-19(8-10-28-26)23-7-6-18-4-3-5-22(18)24(23)16-25(30)29-35(32,33)21(13-17)15-20/h6-8,10,12-15,32H,3-5,9,11,16H2,1-2H3,(H,30,31)(H2,28,33,34);6-8,10,12-15,31H,3-5,9,11,16H2,1-2H3,(H,29,30). The van der Waals surface area contributed by atoms with Crippen molar-refractivity contribution in [2.24, 2.45) is 5.14 Å². The van der Waals surface area contributed by atoms with Gasteiger partial charge in [-0.05, 0) is 181 Å². The van der Waals surface area contributed by atoms with E-state index in [1.165, 1.54) is 35.4 Å². The maximum absolute atomic E-state index is 13.2. The van der Waals surface area contributed by atoms with Crippen LogP contribution in [-0.4, -0.2) is 67.2 Å². The van der Waals surface area contributed by atoms with E-state index in [1.807, 2.05) is 30.3 Å². The number of amides is 1. The van der Waals surface area contributed by atoms with Crippen molar-refractivity contribution in [3.63, 3.8) is 0 Å². The van der Waals surface area contributed by atoms with Crippen LogP contribution in [0.3, 0.4) is 0 Å². The molecule has 15 nitrogen and oxygen atoms in total. The van der Waals surface area contributed by atoms with Crippen molar-refractivity contribution in [3.05, 3.63) is 153 Å². The highest BCUT2D eigenvalue weighted by atomic mass is 32.2. The zero-order chi connectivity index (χ0) is 50.9. The van der Waals surface area contributed by atoms with Crippen molar-refractivity contribution in [1.29, 1.82) is 0 Å². The molecule has 3 heterocycles. The minimum absolute atomic E-state index is 0.0407. The normalized spacial score (nSPS) is 15.3. The van der Waals surface area contributed by atoms with Crippen LogP contribution in [0.1, 0.15) is 96.2 Å². The van der Waals surface area contributed by atoms with Gasteiger partial charge in [0, 0.05) is 37.4 Å². The van der Waals surface area contributed by atoms with E-state index in [2.05, 4.69) is 26.8 Å². The van der Waals surface area contributed by atoms with Gasteiger partial charge in [0.2, 0.25) is 27.7 Å². The summed E-state index contributed by atoms with van der Waals surface area (Å²) in [7, 11) is -8.09. The summed E-state index contributed by atoms with van der Waals surface area (Å²) in [6.07, 6.45) is 9.63. The number of aryl methyl sites for hydroxylation is 2. The molecule has 0 radical (unpaired) electrons. The number of aliphatic carboxylic acids is 1. The van der Waals surface area contributed by atoms with E-state index in [4.69, 9.17) is 14.6 Å². The number of primary sulfonamides is 1. The molecule has 3 aliphatic rings. The predicted molar refractivity (Wildman–Crippen MR) is 267 cm³/mol. The molecule has 6 N–H and O–H groups in total. The fraction of sp³-hybridized carbons (Fsp3) is 0.333. The molecular weight excluding hydrogens is 945 g/mol. The maximum Gasteiger partial charge on any atom is 0.307 e. The number of carboxylic acid groups (broad SMARTS) is 1. The van der Waals surface area contributed by atoms with E-state index < -0.39 is 43.1 Å². The third kappa shape index (κ3) is 12.2. The molecule has 1 amide bonds. The van der Waals surface area contributed by atoms with Crippen LogP contribution in [0.25, 0.3) is 22.3 Å². The zero-order valence-electron chi connectivity index (χ0n) is 40.1. The number of carboxylic acids is 1. The number of carbonyl (C=O) groups excluding carboxylic acids is 1. The SMILES string of the molecule is CC(C)(O)c1cc(CCOc2cc(-c3ccc4c(c3CC(=O)O)CCC4)ccn2)cc(S(N)(=O)=O)c1.CC(C)(O)c1cc2cc(c1)S(=O)(=O)NC(=O)Cc1c(ccc3c1CCC3)-c1ccnc(c1)OCC2. The predicted octanol–water partition coefficient (Wildman–Crippen LogP) is 6.81. The summed E-state index contributed by atoms with van der Waals surface area (Å²) < 4.78 is 64.3. The second-order valence-corrected chi connectivity index (χ2v) is 22.5. The number of benzene rings is 4. The number of aliphatic hydroxyl groups is 2. The lowest BCUT2D eigenvalue weighted by molar-refractivity contribution is -0.136. The number of hydrogen-bond donors (Lipinski definition) is 5. The van der Waals surface area contributed by atoms with Crippen molar-refractivity contribution in [2.75, 3.05) is 13.2 Å². The Hall–Kier alpha value is -6.50. The van der Waals surface area contributed by atoms with E-state index in [9.17, 15) is 41.7 Å². The van der Waals surface area contributed by atoms with Gasteiger partial charge in [-0.2, -0.15) is 0 Å². The lowest BCUT2D eigenvalue weighted by Gasteiger charge is -2.20. The number of aromatic nitrogens is 2. The van der Waals surface area contributed by atoms with E-state index in [-0.39, 0.29) is 35.8 Å². The molecule has 0 spiro atoms. The van der Waals surface area contributed by atoms with E-state index in [1.54, 1.807) is 58.3 Å². The van der Waals surface area contributed by atoms with E-state index in [0.29, 0.717) is 46.9 Å². The van der Waals surface area contributed by atoms with Gasteiger partial charge in [-0.25, -0.2) is 36.7 Å². The number of ether oxygens (including phenoxy) is 2. The lowest BCUT2D eigenvalue weighted by atomic mass is 9.91. The fourth-order valence-electron chi connectivity index (χ4n) is 9.48. The number of nitrogens with one attached hydrogen (secondary N) is 1. The number of rotatable bonds is 10. The Morgan fingerprint density at radius 1 is 0.775 bits per heavy atom. The molecule has 2 aromatic heterocycles. The summed E-state index contributed by atoms with van der Waals surface area (Å²) in [4.78, 5) is 33.2. The van der Waals surface area contributed by atoms with Crippen molar-refractivity contribution >= 4 is 31.9 Å². The van der Waals surface area contributed by atoms with Gasteiger partial charge in [-0.15, -0.1) is 0 Å². The Bertz CT molecular complexity index is 3270. The van der Waals surface area contributed by atoms with Crippen LogP contribution >= 0.6 is 0 Å². The number of pyridine rings is 2. The summed E-state index contributed by atoms with van der Waals surface area (Å²) in [5.74, 6) is -0.629. The van der Waals surface area contributed by atoms with Gasteiger partial charge in [0.05, 0.1) is 47.0 Å². The number of hydrogen-bond acceptors (Lipinski definition) is 12. The first-order chi connectivity index (χ1) is 33.5. The monoisotopic (exact) mass is 1000 g/mol. The van der Waals surface area contributed by atoms with Gasteiger partial charge in [-0.1, -0.05) is 36.4 Å². The summed E-state index contributed by atoms with van der Waals surface area (Å²) in [5.41, 5.74) is 9.48. The van der Waals surface area contributed by atoms with Gasteiger partial charge in [0.25, 0.3) is 10.0 Å². The molecular formula is C54H58N4O11S2. The zero-order valence-corrected chi connectivity index (χ0v) is 41.8. The average Bonchev–Trinajstić information content (AvgIpc) is 3.99. The first kappa shape index (κ1) is 50.9. The van der Waals surface area contributed by atoms with Gasteiger partial charge in [0.15, 0.2) is 0 Å². The van der Waals surface area contributed by atoms with Gasteiger partial charge in [0.1, 0.15) is 0 Å². The Labute approximate surface area is 414 Å². The molecule has 0 unspecified atom stereocenters. The molecule has 6 aromatic rings. The smallest absolute Gasteiger partial charge is 0.307 e. The van der Waals surface area contributed by atoms with Crippen LogP contribution in [0.2, 0.25) is 0 Å². The summed E-state index contributed by atoms with van der Waals surface area (Å²) >= 11 is 0. The Morgan fingerprint density at radius 2 is 1.42 bits per heavy atom. The average molecular weight is 1000 g/mol. The molecule has 9 rings (SSSR count). The third-order valence-corrected chi connectivity index (χ3v) is 15.3. The van der Waals surface area contributed by atoms with E-state index >= 15 is 0 Å². The largest absolute Gasteiger partial charge is 0.481 e. The molecule has 0 fully saturated rings. The van der Waals surface area contributed by atoms with Crippen LogP contribution in [-0.2, 0) is 92.2 Å².